The van der Waals surface area contributed by atoms with Gasteiger partial charge in [-0.05, 0) is 0 Å². The lowest BCUT2D eigenvalue weighted by atomic mass is 10.5. The fourth-order valence-corrected chi connectivity index (χ4v) is 0.303. The monoisotopic (exact) mass is 89.0 g/mol. The van der Waals surface area contributed by atoms with E-state index in [1.165, 1.54) is 0 Å². The van der Waals surface area contributed by atoms with Gasteiger partial charge in [-0.1, -0.05) is 0 Å². The molecule has 6 heavy (non-hydrogen) atoms. The van der Waals surface area contributed by atoms with Gasteiger partial charge in [0.1, 0.15) is 12.3 Å². The van der Waals surface area contributed by atoms with Gasteiger partial charge in [0, 0.05) is 0 Å². The van der Waals surface area contributed by atoms with Crippen molar-refractivity contribution >= 4 is 0 Å². The molecule has 3 heteroatoms. The van der Waals surface area contributed by atoms with Gasteiger partial charge >= 0.3 is 0 Å². The molecule has 1 fully saturated rings. The first-order valence-corrected chi connectivity index (χ1v) is 1.86. The summed E-state index contributed by atoms with van der Waals surface area (Å²) in [6, 6.07) is 0. The largest absolute Gasteiger partial charge is 0.394 e. The molecule has 0 spiro atoms. The van der Waals surface area contributed by atoms with E-state index in [0.29, 0.717) is 0 Å². The van der Waals surface area contributed by atoms with Crippen molar-refractivity contribution in [2.24, 2.45) is 5.73 Å². The van der Waals surface area contributed by atoms with Crippen molar-refractivity contribution in [2.75, 3.05) is 6.61 Å². The third-order valence-electron chi connectivity index (χ3n) is 0.802. The van der Waals surface area contributed by atoms with Crippen LogP contribution < -0.4 is 5.73 Å². The van der Waals surface area contributed by atoms with Gasteiger partial charge in [0.15, 0.2) is 0 Å². The van der Waals surface area contributed by atoms with Crippen LogP contribution in [0.5, 0.6) is 0 Å². The highest BCUT2D eigenvalue weighted by atomic mass is 16.6. The molecule has 0 aromatic carbocycles. The number of hydrogen-bond donors (Lipinski definition) is 2. The number of ether oxygens (including phenoxy) is 1. The number of hydrogen-bond acceptors (Lipinski definition) is 3. The standard InChI is InChI=1S/C3H7NO2/c4-3-2(1-5)6-3/h2-3,5H,1,4H2. The molecule has 1 aliphatic rings. The van der Waals surface area contributed by atoms with E-state index in [2.05, 4.69) is 4.74 Å². The minimum absolute atomic E-state index is 0.0567. The SMILES string of the molecule is NC1OC1CO. The van der Waals surface area contributed by atoms with Crippen LogP contribution >= 0.6 is 0 Å². The molecule has 0 radical (unpaired) electrons. The van der Waals surface area contributed by atoms with Crippen LogP contribution in [-0.2, 0) is 4.74 Å². The second-order valence-corrected chi connectivity index (χ2v) is 1.32. The van der Waals surface area contributed by atoms with Crippen LogP contribution in [0.1, 0.15) is 0 Å². The molecule has 0 aromatic rings. The van der Waals surface area contributed by atoms with Gasteiger partial charge in [-0.25, -0.2) is 0 Å². The van der Waals surface area contributed by atoms with Crippen LogP contribution in [0.25, 0.3) is 0 Å². The Balaban J connectivity index is 2.09. The third kappa shape index (κ3) is 0.518. The van der Waals surface area contributed by atoms with Crippen LogP contribution in [0.2, 0.25) is 0 Å². The topological polar surface area (TPSA) is 58.8 Å². The normalized spacial score (nSPS) is 43.0. The molecule has 3 nitrogen and oxygen atoms in total. The fraction of sp³-hybridized carbons (Fsp3) is 1.00. The molecule has 0 bridgehead atoms. The van der Waals surface area contributed by atoms with Crippen LogP contribution in [-0.4, -0.2) is 24.0 Å². The van der Waals surface area contributed by atoms with E-state index in [4.69, 9.17) is 10.8 Å². The summed E-state index contributed by atoms with van der Waals surface area (Å²) in [5, 5.41) is 8.17. The average Bonchev–Trinajstić information content (AvgIpc) is 2.19. The number of epoxide rings is 1. The average molecular weight is 89.1 g/mol. The summed E-state index contributed by atoms with van der Waals surface area (Å²) >= 11 is 0. The first-order valence-electron chi connectivity index (χ1n) is 1.86. The van der Waals surface area contributed by atoms with E-state index in [0.717, 1.165) is 0 Å². The molecular formula is C3H7NO2. The Labute approximate surface area is 35.7 Å². The Bertz CT molecular complexity index is 54.8. The number of aliphatic hydroxyl groups is 1. The van der Waals surface area contributed by atoms with E-state index < -0.39 is 0 Å². The van der Waals surface area contributed by atoms with Crippen LogP contribution in [0.3, 0.4) is 0 Å². The van der Waals surface area contributed by atoms with Gasteiger partial charge in [0.05, 0.1) is 6.61 Å². The zero-order valence-electron chi connectivity index (χ0n) is 3.29. The summed E-state index contributed by atoms with van der Waals surface area (Å²) in [6.45, 7) is 0.0567. The van der Waals surface area contributed by atoms with Crippen LogP contribution in [0.4, 0.5) is 0 Å². The van der Waals surface area contributed by atoms with Crippen LogP contribution in [0.15, 0.2) is 0 Å². The Morgan fingerprint density at radius 3 is 2.33 bits per heavy atom. The van der Waals surface area contributed by atoms with E-state index in [1.807, 2.05) is 0 Å². The summed E-state index contributed by atoms with van der Waals surface area (Å²) in [6.07, 6.45) is -0.250. The van der Waals surface area contributed by atoms with Crippen molar-refractivity contribution in [1.29, 1.82) is 0 Å². The molecule has 0 aliphatic carbocycles. The second kappa shape index (κ2) is 1.18. The number of nitrogens with two attached hydrogens (primary N) is 1. The minimum Gasteiger partial charge on any atom is -0.394 e. The van der Waals surface area contributed by atoms with Crippen molar-refractivity contribution in [3.63, 3.8) is 0 Å². The Morgan fingerprint density at radius 2 is 2.33 bits per heavy atom. The zero-order chi connectivity index (χ0) is 4.57. The maximum absolute atomic E-state index is 8.17. The Morgan fingerprint density at radius 1 is 1.83 bits per heavy atom. The molecule has 2 unspecified atom stereocenters. The molecule has 1 rings (SSSR count). The molecular weight excluding hydrogens is 82.0 g/mol. The summed E-state index contributed by atoms with van der Waals surface area (Å²) in [5.41, 5.74) is 5.09. The highest BCUT2D eigenvalue weighted by Crippen LogP contribution is 2.13. The molecule has 0 aromatic heterocycles. The predicted octanol–water partition coefficient (Wildman–Crippen LogP) is -1.34. The van der Waals surface area contributed by atoms with Gasteiger partial charge in [-0.2, -0.15) is 0 Å². The number of rotatable bonds is 1. The van der Waals surface area contributed by atoms with Crippen molar-refractivity contribution in [2.45, 2.75) is 12.3 Å². The Hall–Kier alpha value is -0.120. The lowest BCUT2D eigenvalue weighted by Crippen LogP contribution is -2.07. The van der Waals surface area contributed by atoms with Crippen molar-refractivity contribution in [1.82, 2.24) is 0 Å². The molecule has 3 N–H and O–H groups in total. The number of aliphatic hydroxyl groups excluding tert-OH is 1. The molecule has 36 valence electrons. The molecule has 0 amide bonds. The maximum atomic E-state index is 8.17. The van der Waals surface area contributed by atoms with Gasteiger partial charge in [0.25, 0.3) is 0 Å². The summed E-state index contributed by atoms with van der Waals surface area (Å²) in [4.78, 5) is 0. The summed E-state index contributed by atoms with van der Waals surface area (Å²) in [7, 11) is 0. The molecule has 1 saturated heterocycles. The van der Waals surface area contributed by atoms with Gasteiger partial charge in [-0.15, -0.1) is 0 Å². The van der Waals surface area contributed by atoms with Crippen molar-refractivity contribution in [3.8, 4) is 0 Å². The Kier molecular flexibility index (Phi) is 0.799. The quantitative estimate of drug-likeness (QED) is 0.391. The van der Waals surface area contributed by atoms with E-state index >= 15 is 0 Å². The maximum Gasteiger partial charge on any atom is 0.135 e. The van der Waals surface area contributed by atoms with Crippen LogP contribution in [0, 0.1) is 0 Å². The lowest BCUT2D eigenvalue weighted by molar-refractivity contribution is 0.242. The second-order valence-electron chi connectivity index (χ2n) is 1.32. The predicted molar refractivity (Wildman–Crippen MR) is 19.9 cm³/mol. The van der Waals surface area contributed by atoms with E-state index in [-0.39, 0.29) is 18.9 Å². The molecule has 2 atom stereocenters. The van der Waals surface area contributed by atoms with Gasteiger partial charge < -0.3 is 15.6 Å². The highest BCUT2D eigenvalue weighted by molar-refractivity contribution is 4.76. The fourth-order valence-electron chi connectivity index (χ4n) is 0.303. The first kappa shape index (κ1) is 4.05. The molecule has 1 aliphatic heterocycles. The van der Waals surface area contributed by atoms with Gasteiger partial charge in [-0.3, -0.25) is 0 Å². The highest BCUT2D eigenvalue weighted by Gasteiger charge is 2.33. The summed E-state index contributed by atoms with van der Waals surface area (Å²) in [5.74, 6) is 0. The van der Waals surface area contributed by atoms with Crippen molar-refractivity contribution in [3.05, 3.63) is 0 Å². The summed E-state index contributed by atoms with van der Waals surface area (Å²) < 4.78 is 4.59. The van der Waals surface area contributed by atoms with Crippen molar-refractivity contribution < 1.29 is 9.84 Å². The van der Waals surface area contributed by atoms with E-state index in [9.17, 15) is 0 Å². The molecule has 1 heterocycles. The molecule has 0 saturated carbocycles. The zero-order valence-corrected chi connectivity index (χ0v) is 3.29. The third-order valence-corrected chi connectivity index (χ3v) is 0.802. The minimum atomic E-state index is -0.185. The first-order chi connectivity index (χ1) is 2.84. The smallest absolute Gasteiger partial charge is 0.135 e. The lowest BCUT2D eigenvalue weighted by Gasteiger charge is -1.73. The van der Waals surface area contributed by atoms with E-state index in [1.54, 1.807) is 0 Å². The van der Waals surface area contributed by atoms with Gasteiger partial charge in [0.2, 0.25) is 0 Å².